The monoisotopic (exact) mass is 351 g/mol. The number of amides is 1. The van der Waals surface area contributed by atoms with Gasteiger partial charge in [-0.3, -0.25) is 9.20 Å². The minimum atomic E-state index is -0.185. The van der Waals surface area contributed by atoms with Gasteiger partial charge in [-0.25, -0.2) is 4.98 Å². The number of methoxy groups -OCH3 is 1. The largest absolute Gasteiger partial charge is 0.497 e. The zero-order valence-corrected chi connectivity index (χ0v) is 14.6. The van der Waals surface area contributed by atoms with Crippen molar-refractivity contribution in [2.75, 3.05) is 20.3 Å². The molecular weight excluding hydrogens is 330 g/mol. The van der Waals surface area contributed by atoms with Crippen molar-refractivity contribution >= 4 is 11.6 Å². The summed E-state index contributed by atoms with van der Waals surface area (Å²) in [4.78, 5) is 17.4. The maximum absolute atomic E-state index is 12.8. The lowest BCUT2D eigenvalue weighted by Gasteiger charge is -2.11. The van der Waals surface area contributed by atoms with Crippen LogP contribution in [0.4, 0.5) is 0 Å². The molecule has 2 aromatic heterocycles. The van der Waals surface area contributed by atoms with Crippen LogP contribution in [-0.4, -0.2) is 41.7 Å². The van der Waals surface area contributed by atoms with Gasteiger partial charge in [-0.05, 0) is 49.2 Å². The van der Waals surface area contributed by atoms with Gasteiger partial charge in [-0.2, -0.15) is 0 Å². The van der Waals surface area contributed by atoms with Crippen LogP contribution >= 0.6 is 0 Å². The maximum Gasteiger partial charge on any atom is 0.272 e. The third-order valence-electron chi connectivity index (χ3n) is 4.62. The fourth-order valence-corrected chi connectivity index (χ4v) is 3.27. The summed E-state index contributed by atoms with van der Waals surface area (Å²) in [6, 6.07) is 13.4. The number of nitrogens with one attached hydrogen (secondary N) is 1. The van der Waals surface area contributed by atoms with Gasteiger partial charge in [0.25, 0.3) is 5.91 Å². The molecule has 0 bridgehead atoms. The van der Waals surface area contributed by atoms with Gasteiger partial charge in [0.2, 0.25) is 0 Å². The smallest absolute Gasteiger partial charge is 0.272 e. The highest BCUT2D eigenvalue weighted by Gasteiger charge is 2.22. The summed E-state index contributed by atoms with van der Waals surface area (Å²) in [7, 11) is 1.63. The Kier molecular flexibility index (Phi) is 4.58. The number of imidazole rings is 1. The van der Waals surface area contributed by atoms with Crippen LogP contribution in [0.2, 0.25) is 0 Å². The van der Waals surface area contributed by atoms with Gasteiger partial charge in [0, 0.05) is 24.9 Å². The quantitative estimate of drug-likeness (QED) is 0.768. The van der Waals surface area contributed by atoms with Crippen molar-refractivity contribution in [1.29, 1.82) is 0 Å². The number of pyridine rings is 1. The van der Waals surface area contributed by atoms with E-state index in [2.05, 4.69) is 10.3 Å². The number of hydrogen-bond acceptors (Lipinski definition) is 4. The summed E-state index contributed by atoms with van der Waals surface area (Å²) < 4.78 is 12.7. The molecule has 1 aromatic carbocycles. The van der Waals surface area contributed by atoms with Crippen LogP contribution in [-0.2, 0) is 4.74 Å². The first kappa shape index (κ1) is 16.6. The summed E-state index contributed by atoms with van der Waals surface area (Å²) in [5.74, 6) is 0.585. The third kappa shape index (κ3) is 3.15. The van der Waals surface area contributed by atoms with Crippen molar-refractivity contribution in [2.24, 2.45) is 0 Å². The van der Waals surface area contributed by atoms with E-state index >= 15 is 0 Å². The average molecular weight is 351 g/mol. The molecule has 0 saturated carbocycles. The van der Waals surface area contributed by atoms with Crippen LogP contribution in [0.3, 0.4) is 0 Å². The number of carbonyl (C=O) groups excluding carboxylic acids is 1. The Hall–Kier alpha value is -2.86. The number of nitrogens with zero attached hydrogens (tertiary/aromatic N) is 2. The Morgan fingerprint density at radius 1 is 1.31 bits per heavy atom. The number of rotatable bonds is 5. The molecule has 6 nitrogen and oxygen atoms in total. The topological polar surface area (TPSA) is 64.9 Å². The lowest BCUT2D eigenvalue weighted by atomic mass is 10.1. The lowest BCUT2D eigenvalue weighted by Crippen LogP contribution is -2.32. The molecule has 1 N–H and O–H groups in total. The Labute approximate surface area is 151 Å². The molecule has 1 aliphatic heterocycles. The van der Waals surface area contributed by atoms with E-state index in [0.717, 1.165) is 42.1 Å². The van der Waals surface area contributed by atoms with E-state index in [9.17, 15) is 4.79 Å². The highest BCUT2D eigenvalue weighted by atomic mass is 16.5. The molecule has 134 valence electrons. The van der Waals surface area contributed by atoms with E-state index < -0.39 is 0 Å². The number of aromatic nitrogens is 2. The number of ether oxygens (including phenoxy) is 2. The predicted molar refractivity (Wildman–Crippen MR) is 98.5 cm³/mol. The summed E-state index contributed by atoms with van der Waals surface area (Å²) in [6.45, 7) is 1.28. The SMILES string of the molecule is COc1ccc(-c2c(C(=O)NC[C@H]3CCCO3)nc3ccccn23)cc1. The summed E-state index contributed by atoms with van der Waals surface area (Å²) >= 11 is 0. The van der Waals surface area contributed by atoms with Crippen molar-refractivity contribution in [3.05, 3.63) is 54.4 Å². The molecule has 0 unspecified atom stereocenters. The Bertz CT molecular complexity index is 912. The van der Waals surface area contributed by atoms with Crippen molar-refractivity contribution in [2.45, 2.75) is 18.9 Å². The van der Waals surface area contributed by atoms with Crippen LogP contribution in [0, 0.1) is 0 Å². The molecule has 0 radical (unpaired) electrons. The van der Waals surface area contributed by atoms with Gasteiger partial charge >= 0.3 is 0 Å². The molecule has 1 saturated heterocycles. The van der Waals surface area contributed by atoms with Crippen LogP contribution in [0.25, 0.3) is 16.9 Å². The van der Waals surface area contributed by atoms with Crippen LogP contribution in [0.1, 0.15) is 23.3 Å². The first-order valence-corrected chi connectivity index (χ1v) is 8.77. The molecular formula is C20H21N3O3. The standard InChI is InChI=1S/C20H21N3O3/c1-25-15-9-7-14(8-10-15)19-18(22-17-6-2-3-11-23(17)19)20(24)21-13-16-5-4-12-26-16/h2-3,6-11,16H,4-5,12-13H2,1H3,(H,21,24)/t16-/m1/s1. The maximum atomic E-state index is 12.8. The zero-order chi connectivity index (χ0) is 17.9. The second-order valence-corrected chi connectivity index (χ2v) is 6.31. The number of hydrogen-bond donors (Lipinski definition) is 1. The Balaban J connectivity index is 1.69. The fraction of sp³-hybridized carbons (Fsp3) is 0.300. The van der Waals surface area contributed by atoms with E-state index in [4.69, 9.17) is 9.47 Å². The molecule has 26 heavy (non-hydrogen) atoms. The predicted octanol–water partition coefficient (Wildman–Crippen LogP) is 2.92. The van der Waals surface area contributed by atoms with Gasteiger partial charge in [-0.15, -0.1) is 0 Å². The van der Waals surface area contributed by atoms with E-state index in [0.29, 0.717) is 12.2 Å². The molecule has 1 atom stereocenters. The number of benzene rings is 1. The van der Waals surface area contributed by atoms with Crippen molar-refractivity contribution in [3.8, 4) is 17.0 Å². The van der Waals surface area contributed by atoms with Gasteiger partial charge in [0.05, 0.1) is 18.9 Å². The van der Waals surface area contributed by atoms with Crippen LogP contribution in [0.5, 0.6) is 5.75 Å². The molecule has 4 rings (SSSR count). The highest BCUT2D eigenvalue weighted by molar-refractivity contribution is 5.99. The van der Waals surface area contributed by atoms with Crippen LogP contribution < -0.4 is 10.1 Å². The normalized spacial score (nSPS) is 16.7. The van der Waals surface area contributed by atoms with Gasteiger partial charge in [0.1, 0.15) is 11.4 Å². The first-order valence-electron chi connectivity index (χ1n) is 8.77. The van der Waals surface area contributed by atoms with Crippen molar-refractivity contribution in [1.82, 2.24) is 14.7 Å². The van der Waals surface area contributed by atoms with Gasteiger partial charge < -0.3 is 14.8 Å². The van der Waals surface area contributed by atoms with Gasteiger partial charge in [-0.1, -0.05) is 6.07 Å². The molecule has 0 aliphatic carbocycles. The second-order valence-electron chi connectivity index (χ2n) is 6.31. The Morgan fingerprint density at radius 2 is 2.15 bits per heavy atom. The second kappa shape index (κ2) is 7.17. The highest BCUT2D eigenvalue weighted by Crippen LogP contribution is 2.27. The average Bonchev–Trinajstić information content (AvgIpc) is 3.34. The summed E-state index contributed by atoms with van der Waals surface area (Å²) in [5, 5.41) is 2.97. The molecule has 1 aliphatic rings. The molecule has 1 amide bonds. The third-order valence-corrected chi connectivity index (χ3v) is 4.62. The van der Waals surface area contributed by atoms with Crippen LogP contribution in [0.15, 0.2) is 48.7 Å². The minimum absolute atomic E-state index is 0.0976. The minimum Gasteiger partial charge on any atom is -0.497 e. The molecule has 3 aromatic rings. The molecule has 0 spiro atoms. The number of fused-ring (bicyclic) bond motifs is 1. The Morgan fingerprint density at radius 3 is 2.88 bits per heavy atom. The molecule has 3 heterocycles. The lowest BCUT2D eigenvalue weighted by molar-refractivity contribution is 0.0855. The molecule has 1 fully saturated rings. The van der Waals surface area contributed by atoms with Crippen molar-refractivity contribution < 1.29 is 14.3 Å². The molecule has 6 heteroatoms. The van der Waals surface area contributed by atoms with E-state index in [1.54, 1.807) is 7.11 Å². The summed E-state index contributed by atoms with van der Waals surface area (Å²) in [5.41, 5.74) is 2.83. The first-order chi connectivity index (χ1) is 12.8. The number of carbonyl (C=O) groups is 1. The van der Waals surface area contributed by atoms with E-state index in [1.165, 1.54) is 0 Å². The van der Waals surface area contributed by atoms with E-state index in [1.807, 2.05) is 53.1 Å². The van der Waals surface area contributed by atoms with Gasteiger partial charge in [0.15, 0.2) is 5.69 Å². The fourth-order valence-electron chi connectivity index (χ4n) is 3.27. The zero-order valence-electron chi connectivity index (χ0n) is 14.6. The summed E-state index contributed by atoms with van der Waals surface area (Å²) in [6.07, 6.45) is 4.04. The van der Waals surface area contributed by atoms with Crippen molar-refractivity contribution in [3.63, 3.8) is 0 Å². The van der Waals surface area contributed by atoms with E-state index in [-0.39, 0.29) is 12.0 Å².